The Morgan fingerprint density at radius 1 is 1.63 bits per heavy atom. The second-order valence-electron chi connectivity index (χ2n) is 4.91. The maximum atomic E-state index is 12.2. The molecule has 19 heavy (non-hydrogen) atoms. The molecule has 0 aromatic carbocycles. The number of aryl methyl sites for hydroxylation is 1. The van der Waals surface area contributed by atoms with E-state index in [1.165, 1.54) is 0 Å². The van der Waals surface area contributed by atoms with E-state index in [-0.39, 0.29) is 18.0 Å². The summed E-state index contributed by atoms with van der Waals surface area (Å²) in [6, 6.07) is 3.54. The Kier molecular flexibility index (Phi) is 3.11. The lowest BCUT2D eigenvalue weighted by molar-refractivity contribution is -0.125. The zero-order valence-electron chi connectivity index (χ0n) is 10.9. The highest BCUT2D eigenvalue weighted by atomic mass is 16.3. The van der Waals surface area contributed by atoms with E-state index in [1.54, 1.807) is 23.3 Å². The van der Waals surface area contributed by atoms with Gasteiger partial charge in [0.2, 0.25) is 5.91 Å². The molecule has 2 heterocycles. The Balaban J connectivity index is 1.71. The lowest BCUT2D eigenvalue weighted by atomic mass is 9.93. The largest absolute Gasteiger partial charge is 0.469 e. The van der Waals surface area contributed by atoms with Crippen LogP contribution in [0.4, 0.5) is 0 Å². The minimum atomic E-state index is -0.299. The van der Waals surface area contributed by atoms with Crippen molar-refractivity contribution < 1.29 is 9.21 Å². The number of carbonyl (C=O) groups excluding carboxylic acids is 1. The van der Waals surface area contributed by atoms with Crippen LogP contribution in [0.1, 0.15) is 43.2 Å². The second kappa shape index (κ2) is 4.91. The molecular weight excluding hydrogens is 242 g/mol. The topological polar surface area (TPSA) is 60.1 Å². The molecular formula is C14H17N3O2. The molecule has 0 bridgehead atoms. The van der Waals surface area contributed by atoms with E-state index in [9.17, 15) is 4.79 Å². The van der Waals surface area contributed by atoms with Gasteiger partial charge in [-0.2, -0.15) is 5.10 Å². The molecule has 0 saturated carbocycles. The molecule has 1 N–H and O–H groups in total. The van der Waals surface area contributed by atoms with Gasteiger partial charge in [-0.1, -0.05) is 0 Å². The summed E-state index contributed by atoms with van der Waals surface area (Å²) in [5.41, 5.74) is 1.12. The molecule has 5 heteroatoms. The van der Waals surface area contributed by atoms with E-state index in [0.717, 1.165) is 30.6 Å². The van der Waals surface area contributed by atoms with Crippen molar-refractivity contribution in [3.8, 4) is 0 Å². The molecule has 2 atom stereocenters. The first-order chi connectivity index (χ1) is 9.25. The summed E-state index contributed by atoms with van der Waals surface area (Å²) in [6.45, 7) is 1.85. The number of nitrogens with one attached hydrogen (secondary N) is 1. The van der Waals surface area contributed by atoms with Gasteiger partial charge < -0.3 is 9.73 Å². The SMILES string of the molecule is CC(C(=O)NC1CCCc2occc21)n1cccn1. The highest BCUT2D eigenvalue weighted by Gasteiger charge is 2.26. The van der Waals surface area contributed by atoms with Crippen LogP contribution >= 0.6 is 0 Å². The van der Waals surface area contributed by atoms with Crippen LogP contribution < -0.4 is 5.32 Å². The maximum Gasteiger partial charge on any atom is 0.245 e. The third-order valence-corrected chi connectivity index (χ3v) is 3.67. The average molecular weight is 259 g/mol. The predicted octanol–water partition coefficient (Wildman–Crippen LogP) is 2.23. The lowest BCUT2D eigenvalue weighted by Gasteiger charge is -2.24. The zero-order valence-corrected chi connectivity index (χ0v) is 10.9. The minimum Gasteiger partial charge on any atom is -0.469 e. The number of aromatic nitrogens is 2. The van der Waals surface area contributed by atoms with Gasteiger partial charge in [-0.15, -0.1) is 0 Å². The predicted molar refractivity (Wildman–Crippen MR) is 69.5 cm³/mol. The fourth-order valence-electron chi connectivity index (χ4n) is 2.56. The lowest BCUT2D eigenvalue weighted by Crippen LogP contribution is -2.35. The third-order valence-electron chi connectivity index (χ3n) is 3.67. The van der Waals surface area contributed by atoms with Crippen LogP contribution in [0.3, 0.4) is 0 Å². The van der Waals surface area contributed by atoms with Gasteiger partial charge in [0.05, 0.1) is 12.3 Å². The summed E-state index contributed by atoms with van der Waals surface area (Å²) < 4.78 is 7.09. The van der Waals surface area contributed by atoms with Crippen LogP contribution in [-0.4, -0.2) is 15.7 Å². The van der Waals surface area contributed by atoms with E-state index < -0.39 is 0 Å². The summed E-state index contributed by atoms with van der Waals surface area (Å²) in [5, 5.41) is 7.19. The van der Waals surface area contributed by atoms with Crippen molar-refractivity contribution >= 4 is 5.91 Å². The van der Waals surface area contributed by atoms with Crippen molar-refractivity contribution in [2.45, 2.75) is 38.3 Å². The van der Waals surface area contributed by atoms with Crippen LogP contribution in [0, 0.1) is 0 Å². The van der Waals surface area contributed by atoms with Gasteiger partial charge in [0.25, 0.3) is 0 Å². The van der Waals surface area contributed by atoms with Gasteiger partial charge in [-0.05, 0) is 31.9 Å². The number of hydrogen-bond acceptors (Lipinski definition) is 3. The van der Waals surface area contributed by atoms with Crippen molar-refractivity contribution in [3.63, 3.8) is 0 Å². The molecule has 0 saturated heterocycles. The van der Waals surface area contributed by atoms with Gasteiger partial charge in [0, 0.05) is 24.4 Å². The third kappa shape index (κ3) is 2.28. The fourth-order valence-corrected chi connectivity index (χ4v) is 2.56. The van der Waals surface area contributed by atoms with Crippen molar-refractivity contribution in [2.24, 2.45) is 0 Å². The number of nitrogens with zero attached hydrogens (tertiary/aromatic N) is 2. The first kappa shape index (κ1) is 12.0. The van der Waals surface area contributed by atoms with E-state index in [0.29, 0.717) is 0 Å². The molecule has 3 rings (SSSR count). The normalized spacial score (nSPS) is 19.7. The van der Waals surface area contributed by atoms with Gasteiger partial charge in [-0.25, -0.2) is 0 Å². The summed E-state index contributed by atoms with van der Waals surface area (Å²) >= 11 is 0. The highest BCUT2D eigenvalue weighted by Crippen LogP contribution is 2.30. The van der Waals surface area contributed by atoms with Gasteiger partial charge in [0.1, 0.15) is 11.8 Å². The number of amides is 1. The number of carbonyl (C=O) groups is 1. The molecule has 5 nitrogen and oxygen atoms in total. The molecule has 2 unspecified atom stereocenters. The Morgan fingerprint density at radius 2 is 2.53 bits per heavy atom. The van der Waals surface area contributed by atoms with Crippen LogP contribution in [-0.2, 0) is 11.2 Å². The van der Waals surface area contributed by atoms with Crippen molar-refractivity contribution in [2.75, 3.05) is 0 Å². The Labute approximate surface area is 111 Å². The molecule has 100 valence electrons. The van der Waals surface area contributed by atoms with E-state index >= 15 is 0 Å². The minimum absolute atomic E-state index is 0.0113. The molecule has 1 aliphatic rings. The van der Waals surface area contributed by atoms with Gasteiger partial charge >= 0.3 is 0 Å². The number of furan rings is 1. The monoisotopic (exact) mass is 259 g/mol. The summed E-state index contributed by atoms with van der Waals surface area (Å²) in [4.78, 5) is 12.2. The second-order valence-corrected chi connectivity index (χ2v) is 4.91. The van der Waals surface area contributed by atoms with E-state index in [1.807, 2.05) is 19.1 Å². The molecule has 0 fully saturated rings. The Bertz CT molecular complexity index is 559. The number of fused-ring (bicyclic) bond motifs is 1. The van der Waals surface area contributed by atoms with E-state index in [2.05, 4.69) is 10.4 Å². The summed E-state index contributed by atoms with van der Waals surface area (Å²) in [7, 11) is 0. The van der Waals surface area contributed by atoms with Crippen LogP contribution in [0.2, 0.25) is 0 Å². The van der Waals surface area contributed by atoms with E-state index in [4.69, 9.17) is 4.42 Å². The molecule has 0 spiro atoms. The molecule has 1 aliphatic carbocycles. The maximum absolute atomic E-state index is 12.2. The van der Waals surface area contributed by atoms with Crippen molar-refractivity contribution in [3.05, 3.63) is 42.1 Å². The Hall–Kier alpha value is -2.04. The number of hydrogen-bond donors (Lipinski definition) is 1. The molecule has 0 radical (unpaired) electrons. The molecule has 2 aromatic heterocycles. The van der Waals surface area contributed by atoms with Gasteiger partial charge in [-0.3, -0.25) is 9.48 Å². The first-order valence-electron chi connectivity index (χ1n) is 6.61. The highest BCUT2D eigenvalue weighted by molar-refractivity contribution is 5.80. The van der Waals surface area contributed by atoms with Crippen molar-refractivity contribution in [1.29, 1.82) is 0 Å². The average Bonchev–Trinajstić information content (AvgIpc) is 3.09. The first-order valence-corrected chi connectivity index (χ1v) is 6.61. The molecule has 0 aliphatic heterocycles. The summed E-state index contributed by atoms with van der Waals surface area (Å²) in [5.74, 6) is 0.992. The van der Waals surface area contributed by atoms with Crippen LogP contribution in [0.25, 0.3) is 0 Å². The molecule has 2 aromatic rings. The zero-order chi connectivity index (χ0) is 13.2. The summed E-state index contributed by atoms with van der Waals surface area (Å²) in [6.07, 6.45) is 8.15. The van der Waals surface area contributed by atoms with Crippen molar-refractivity contribution in [1.82, 2.24) is 15.1 Å². The molecule has 1 amide bonds. The quantitative estimate of drug-likeness (QED) is 0.919. The number of rotatable bonds is 3. The Morgan fingerprint density at radius 3 is 3.32 bits per heavy atom. The van der Waals surface area contributed by atoms with Crippen LogP contribution in [0.15, 0.2) is 35.2 Å². The fraction of sp³-hybridized carbons (Fsp3) is 0.429. The van der Waals surface area contributed by atoms with Gasteiger partial charge in [0.15, 0.2) is 0 Å². The smallest absolute Gasteiger partial charge is 0.245 e. The van der Waals surface area contributed by atoms with Crippen LogP contribution in [0.5, 0.6) is 0 Å². The standard InChI is InChI=1S/C14H17N3O2/c1-10(17-8-3-7-15-17)14(18)16-12-4-2-5-13-11(12)6-9-19-13/h3,6-10,12H,2,4-5H2,1H3,(H,16,18).